The van der Waals surface area contributed by atoms with E-state index in [1.807, 2.05) is 48.5 Å². The Labute approximate surface area is 162 Å². The van der Waals surface area contributed by atoms with Crippen molar-refractivity contribution in [3.63, 3.8) is 0 Å². The van der Waals surface area contributed by atoms with Crippen LogP contribution in [0.15, 0.2) is 72.8 Å². The third-order valence-electron chi connectivity index (χ3n) is 3.92. The van der Waals surface area contributed by atoms with Crippen LogP contribution in [0.4, 0.5) is 5.69 Å². The molecule has 0 spiro atoms. The van der Waals surface area contributed by atoms with Gasteiger partial charge in [0.15, 0.2) is 0 Å². The van der Waals surface area contributed by atoms with Crippen LogP contribution in [0.1, 0.15) is 0 Å². The van der Waals surface area contributed by atoms with Crippen LogP contribution in [0.2, 0.25) is 5.02 Å². The maximum atomic E-state index is 11.7. The van der Waals surface area contributed by atoms with Crippen molar-refractivity contribution in [2.75, 3.05) is 11.9 Å². The van der Waals surface area contributed by atoms with Gasteiger partial charge in [0.2, 0.25) is 5.91 Å². The van der Waals surface area contributed by atoms with Gasteiger partial charge in [-0.1, -0.05) is 35.9 Å². The fraction of sp³-hybridized carbons (Fsp3) is 0.0952. The highest BCUT2D eigenvalue weighted by molar-refractivity contribution is 6.30. The topological polar surface area (TPSA) is 84.6 Å². The van der Waals surface area contributed by atoms with Crippen molar-refractivity contribution in [2.24, 2.45) is 5.73 Å². The van der Waals surface area contributed by atoms with Crippen LogP contribution in [0.3, 0.4) is 0 Å². The predicted molar refractivity (Wildman–Crippen MR) is 107 cm³/mol. The van der Waals surface area contributed by atoms with Crippen LogP contribution in [-0.2, 0) is 4.79 Å². The Hall–Kier alpha value is -2.86. The van der Waals surface area contributed by atoms with E-state index in [1.165, 1.54) is 0 Å². The summed E-state index contributed by atoms with van der Waals surface area (Å²) in [6, 6.07) is 21.3. The van der Waals surface area contributed by atoms with Gasteiger partial charge < -0.3 is 20.9 Å². The van der Waals surface area contributed by atoms with E-state index in [2.05, 4.69) is 5.32 Å². The summed E-state index contributed by atoms with van der Waals surface area (Å²) in [6.45, 7) is -0.404. The van der Waals surface area contributed by atoms with Crippen molar-refractivity contribution in [2.45, 2.75) is 6.04 Å². The normalized spacial score (nSPS) is 11.7. The number of hydrogen-bond acceptors (Lipinski definition) is 4. The number of nitrogens with two attached hydrogens (primary N) is 1. The van der Waals surface area contributed by atoms with E-state index in [-0.39, 0.29) is 0 Å². The molecule has 0 aliphatic carbocycles. The zero-order valence-corrected chi connectivity index (χ0v) is 15.2. The highest BCUT2D eigenvalue weighted by atomic mass is 35.5. The molecule has 1 atom stereocenters. The third kappa shape index (κ3) is 5.08. The molecule has 4 N–H and O–H groups in total. The molecule has 0 saturated carbocycles. The first kappa shape index (κ1) is 18.9. The van der Waals surface area contributed by atoms with Crippen molar-refractivity contribution in [3.8, 4) is 22.6 Å². The summed E-state index contributed by atoms with van der Waals surface area (Å²) >= 11 is 5.92. The number of nitrogens with one attached hydrogen (secondary N) is 1. The number of halogens is 1. The van der Waals surface area contributed by atoms with Crippen LogP contribution >= 0.6 is 11.6 Å². The van der Waals surface area contributed by atoms with Gasteiger partial charge in [-0.3, -0.25) is 4.79 Å². The van der Waals surface area contributed by atoms with Gasteiger partial charge in [-0.25, -0.2) is 0 Å². The largest absolute Gasteiger partial charge is 0.457 e. The fourth-order valence-electron chi connectivity index (χ4n) is 2.42. The van der Waals surface area contributed by atoms with Gasteiger partial charge in [0.25, 0.3) is 0 Å². The number of aliphatic hydroxyl groups is 1. The molecular formula is C21H19ClN2O3. The molecule has 0 bridgehead atoms. The Morgan fingerprint density at radius 1 is 0.926 bits per heavy atom. The molecule has 0 radical (unpaired) electrons. The van der Waals surface area contributed by atoms with Gasteiger partial charge in [0, 0.05) is 10.7 Å². The number of benzene rings is 3. The SMILES string of the molecule is NC(CO)C(=O)Nc1ccc(Oc2ccc(-c3ccc(Cl)cc3)cc2)cc1. The van der Waals surface area contributed by atoms with Crippen molar-refractivity contribution in [3.05, 3.63) is 77.8 Å². The van der Waals surface area contributed by atoms with E-state index < -0.39 is 18.6 Å². The monoisotopic (exact) mass is 382 g/mol. The summed E-state index contributed by atoms with van der Waals surface area (Å²) < 4.78 is 5.82. The summed E-state index contributed by atoms with van der Waals surface area (Å²) in [7, 11) is 0. The molecule has 1 unspecified atom stereocenters. The van der Waals surface area contributed by atoms with Crippen LogP contribution in [0.25, 0.3) is 11.1 Å². The molecule has 0 aromatic heterocycles. The fourth-order valence-corrected chi connectivity index (χ4v) is 2.54. The van der Waals surface area contributed by atoms with E-state index in [1.54, 1.807) is 24.3 Å². The molecule has 138 valence electrons. The lowest BCUT2D eigenvalue weighted by Crippen LogP contribution is -2.38. The van der Waals surface area contributed by atoms with Gasteiger partial charge in [0.05, 0.1) is 6.61 Å². The number of carbonyl (C=O) groups is 1. The second-order valence-corrected chi connectivity index (χ2v) is 6.37. The second kappa shape index (κ2) is 8.68. The lowest BCUT2D eigenvalue weighted by Gasteiger charge is -2.11. The van der Waals surface area contributed by atoms with Gasteiger partial charge in [-0.2, -0.15) is 0 Å². The Morgan fingerprint density at radius 2 is 1.41 bits per heavy atom. The lowest BCUT2D eigenvalue weighted by atomic mass is 10.1. The van der Waals surface area contributed by atoms with E-state index in [4.69, 9.17) is 27.2 Å². The summed E-state index contributed by atoms with van der Waals surface area (Å²) in [4.78, 5) is 11.7. The Morgan fingerprint density at radius 3 is 1.93 bits per heavy atom. The molecule has 27 heavy (non-hydrogen) atoms. The number of anilines is 1. The Kier molecular flexibility index (Phi) is 6.08. The lowest BCUT2D eigenvalue weighted by molar-refractivity contribution is -0.118. The minimum Gasteiger partial charge on any atom is -0.457 e. The second-order valence-electron chi connectivity index (χ2n) is 5.94. The molecule has 0 aliphatic heterocycles. The van der Waals surface area contributed by atoms with E-state index in [0.29, 0.717) is 22.2 Å². The molecule has 0 heterocycles. The standard InChI is InChI=1S/C21H19ClN2O3/c22-16-5-1-14(2-6-16)15-3-9-18(10-4-15)27-19-11-7-17(8-12-19)24-21(26)20(23)13-25/h1-12,20,25H,13,23H2,(H,24,26). The van der Waals surface area contributed by atoms with Crippen LogP contribution in [0, 0.1) is 0 Å². The van der Waals surface area contributed by atoms with Crippen molar-refractivity contribution in [1.29, 1.82) is 0 Å². The third-order valence-corrected chi connectivity index (χ3v) is 4.17. The number of amides is 1. The first-order chi connectivity index (χ1) is 13.0. The van der Waals surface area contributed by atoms with Gasteiger partial charge in [-0.05, 0) is 59.7 Å². The molecule has 6 heteroatoms. The van der Waals surface area contributed by atoms with Gasteiger partial charge in [0.1, 0.15) is 17.5 Å². The van der Waals surface area contributed by atoms with Crippen LogP contribution < -0.4 is 15.8 Å². The highest BCUT2D eigenvalue weighted by Gasteiger charge is 2.11. The van der Waals surface area contributed by atoms with E-state index in [9.17, 15) is 4.79 Å². The zero-order chi connectivity index (χ0) is 19.2. The quantitative estimate of drug-likeness (QED) is 0.600. The smallest absolute Gasteiger partial charge is 0.243 e. The summed E-state index contributed by atoms with van der Waals surface area (Å²) in [5, 5.41) is 12.2. The van der Waals surface area contributed by atoms with Gasteiger partial charge >= 0.3 is 0 Å². The van der Waals surface area contributed by atoms with E-state index in [0.717, 1.165) is 11.1 Å². The van der Waals surface area contributed by atoms with Crippen molar-refractivity contribution < 1.29 is 14.6 Å². The molecule has 0 aliphatic rings. The Bertz CT molecular complexity index is 894. The summed E-state index contributed by atoms with van der Waals surface area (Å²) in [5.74, 6) is 0.898. The first-order valence-electron chi connectivity index (χ1n) is 8.36. The molecule has 0 fully saturated rings. The van der Waals surface area contributed by atoms with Crippen LogP contribution in [0.5, 0.6) is 11.5 Å². The minimum absolute atomic E-state index is 0.404. The first-order valence-corrected chi connectivity index (χ1v) is 8.74. The number of hydrogen-bond donors (Lipinski definition) is 3. The van der Waals surface area contributed by atoms with Crippen molar-refractivity contribution >= 4 is 23.2 Å². The summed E-state index contributed by atoms with van der Waals surface area (Å²) in [6.07, 6.45) is 0. The average molecular weight is 383 g/mol. The zero-order valence-electron chi connectivity index (χ0n) is 14.4. The molecule has 5 nitrogen and oxygen atoms in total. The van der Waals surface area contributed by atoms with E-state index >= 15 is 0 Å². The van der Waals surface area contributed by atoms with Gasteiger partial charge in [-0.15, -0.1) is 0 Å². The number of ether oxygens (including phenoxy) is 1. The molecule has 3 aromatic rings. The number of carbonyl (C=O) groups excluding carboxylic acids is 1. The molecule has 3 rings (SSSR count). The summed E-state index contributed by atoms with van der Waals surface area (Å²) in [5.41, 5.74) is 8.19. The van der Waals surface area contributed by atoms with Crippen molar-refractivity contribution in [1.82, 2.24) is 0 Å². The Balaban J connectivity index is 1.63. The van der Waals surface area contributed by atoms with Crippen LogP contribution in [-0.4, -0.2) is 23.7 Å². The molecule has 3 aromatic carbocycles. The predicted octanol–water partition coefficient (Wildman–Crippen LogP) is 4.06. The maximum Gasteiger partial charge on any atom is 0.243 e. The number of aliphatic hydroxyl groups excluding tert-OH is 1. The molecule has 0 saturated heterocycles. The molecular weight excluding hydrogens is 364 g/mol. The molecule has 1 amide bonds. The maximum absolute atomic E-state index is 11.7. The number of rotatable bonds is 6. The average Bonchev–Trinajstić information content (AvgIpc) is 2.70. The minimum atomic E-state index is -0.944. The highest BCUT2D eigenvalue weighted by Crippen LogP contribution is 2.27.